The van der Waals surface area contributed by atoms with E-state index in [9.17, 15) is 4.79 Å². The van der Waals surface area contributed by atoms with Crippen molar-refractivity contribution >= 4 is 34.8 Å². The van der Waals surface area contributed by atoms with Crippen LogP contribution < -0.4 is 28.4 Å². The molecule has 0 bridgehead atoms. The average Bonchev–Trinajstić information content (AvgIpc) is 3.53. The molecule has 3 aromatic rings. The molecule has 3 rings (SSSR count). The lowest BCUT2D eigenvalue weighted by Gasteiger charge is -2.14. The number of hydrogen-bond donors (Lipinski definition) is 0. The van der Waals surface area contributed by atoms with Gasteiger partial charge in [-0.2, -0.15) is 0 Å². The normalized spacial score (nSPS) is 11.2. The SMILES string of the molecule is CCCCCCCCC(=O)O/N=C(\CSc1nnc(-c2cc(OC)c(OC)c(OC)c2)s1)c1cc(OC)c(OC)c(OC)c1. The highest BCUT2D eigenvalue weighted by molar-refractivity contribution is 8.01. The van der Waals surface area contributed by atoms with Gasteiger partial charge in [0.05, 0.1) is 48.4 Å². The van der Waals surface area contributed by atoms with Crippen molar-refractivity contribution in [1.82, 2.24) is 10.2 Å². The van der Waals surface area contributed by atoms with Gasteiger partial charge in [-0.15, -0.1) is 10.2 Å². The summed E-state index contributed by atoms with van der Waals surface area (Å²) < 4.78 is 33.6. The molecule has 1 aromatic heterocycles. The van der Waals surface area contributed by atoms with Gasteiger partial charge in [-0.1, -0.05) is 67.3 Å². The smallest absolute Gasteiger partial charge is 0.335 e. The van der Waals surface area contributed by atoms with Gasteiger partial charge in [-0.25, -0.2) is 4.79 Å². The van der Waals surface area contributed by atoms with Gasteiger partial charge in [0.1, 0.15) is 5.01 Å². The Morgan fingerprint density at radius 3 is 1.84 bits per heavy atom. The van der Waals surface area contributed by atoms with Crippen molar-refractivity contribution in [2.75, 3.05) is 48.4 Å². The topological polar surface area (TPSA) is 120 Å². The Morgan fingerprint density at radius 2 is 1.30 bits per heavy atom. The summed E-state index contributed by atoms with van der Waals surface area (Å²) in [6, 6.07) is 7.18. The molecule has 0 aliphatic carbocycles. The molecular formula is C31H41N3O8S2. The molecule has 0 aliphatic rings. The van der Waals surface area contributed by atoms with E-state index < -0.39 is 0 Å². The van der Waals surface area contributed by atoms with Crippen LogP contribution in [0.15, 0.2) is 33.8 Å². The summed E-state index contributed by atoms with van der Waals surface area (Å²) in [4.78, 5) is 17.9. The zero-order chi connectivity index (χ0) is 31.9. The van der Waals surface area contributed by atoms with Crippen molar-refractivity contribution in [2.45, 2.75) is 56.2 Å². The fourth-order valence-corrected chi connectivity index (χ4v) is 6.12. The van der Waals surface area contributed by atoms with Crippen LogP contribution in [0, 0.1) is 0 Å². The van der Waals surface area contributed by atoms with E-state index in [1.807, 2.05) is 12.1 Å². The standard InChI is InChI=1S/C31H41N3O8S2/c1-8-9-10-11-12-13-14-27(35)42-34-22(20-15-23(36-2)28(40-6)24(16-20)37-3)19-43-31-33-32-30(44-31)21-17-25(38-4)29(41-7)26(18-21)39-5/h15-18H,8-14,19H2,1-7H3/b34-22+. The molecule has 0 fully saturated rings. The van der Waals surface area contributed by atoms with Crippen LogP contribution in [0.4, 0.5) is 0 Å². The Balaban J connectivity index is 1.83. The number of aromatic nitrogens is 2. The highest BCUT2D eigenvalue weighted by Gasteiger charge is 2.20. The van der Waals surface area contributed by atoms with Crippen LogP contribution in [0.1, 0.15) is 57.4 Å². The molecule has 0 unspecified atom stereocenters. The van der Waals surface area contributed by atoms with E-state index in [1.54, 1.807) is 47.7 Å². The maximum absolute atomic E-state index is 12.5. The molecular weight excluding hydrogens is 606 g/mol. The minimum Gasteiger partial charge on any atom is -0.493 e. The van der Waals surface area contributed by atoms with Crippen LogP contribution >= 0.6 is 23.1 Å². The number of nitrogens with zero attached hydrogens (tertiary/aromatic N) is 3. The van der Waals surface area contributed by atoms with E-state index in [1.165, 1.54) is 49.5 Å². The van der Waals surface area contributed by atoms with Crippen LogP contribution in [0.5, 0.6) is 34.5 Å². The zero-order valence-electron chi connectivity index (χ0n) is 26.4. The molecule has 0 spiro atoms. The highest BCUT2D eigenvalue weighted by Crippen LogP contribution is 2.43. The molecule has 0 saturated heterocycles. The van der Waals surface area contributed by atoms with Gasteiger partial charge in [0.2, 0.25) is 11.5 Å². The summed E-state index contributed by atoms with van der Waals surface area (Å²) in [5.41, 5.74) is 1.91. The summed E-state index contributed by atoms with van der Waals surface area (Å²) in [5.74, 6) is 2.84. The lowest BCUT2D eigenvalue weighted by atomic mass is 10.1. The van der Waals surface area contributed by atoms with Gasteiger partial charge in [-0.05, 0) is 30.7 Å². The molecule has 0 amide bonds. The maximum Gasteiger partial charge on any atom is 0.335 e. The number of unbranched alkanes of at least 4 members (excludes halogenated alkanes) is 5. The lowest BCUT2D eigenvalue weighted by Crippen LogP contribution is -2.10. The number of methoxy groups -OCH3 is 6. The second kappa shape index (κ2) is 18.2. The van der Waals surface area contributed by atoms with Gasteiger partial charge >= 0.3 is 5.97 Å². The summed E-state index contributed by atoms with van der Waals surface area (Å²) in [6.07, 6.45) is 6.74. The Labute approximate surface area is 267 Å². The summed E-state index contributed by atoms with van der Waals surface area (Å²) >= 11 is 2.80. The molecule has 0 radical (unpaired) electrons. The highest BCUT2D eigenvalue weighted by atomic mass is 32.2. The predicted molar refractivity (Wildman–Crippen MR) is 172 cm³/mol. The second-order valence-corrected chi connectivity index (χ2v) is 11.7. The summed E-state index contributed by atoms with van der Waals surface area (Å²) in [7, 11) is 9.30. The monoisotopic (exact) mass is 647 g/mol. The van der Waals surface area contributed by atoms with Gasteiger partial charge in [-0.3, -0.25) is 0 Å². The third-order valence-electron chi connectivity index (χ3n) is 6.64. The van der Waals surface area contributed by atoms with Crippen molar-refractivity contribution in [2.24, 2.45) is 5.16 Å². The number of ether oxygens (including phenoxy) is 6. The molecule has 0 N–H and O–H groups in total. The Bertz CT molecular complexity index is 1350. The first-order chi connectivity index (χ1) is 21.4. The van der Waals surface area contributed by atoms with Gasteiger partial charge in [0.25, 0.3) is 0 Å². The van der Waals surface area contributed by atoms with E-state index >= 15 is 0 Å². The molecule has 240 valence electrons. The molecule has 13 heteroatoms. The minimum absolute atomic E-state index is 0.305. The third-order valence-corrected chi connectivity index (χ3v) is 8.76. The first-order valence-electron chi connectivity index (χ1n) is 14.3. The molecule has 0 atom stereocenters. The van der Waals surface area contributed by atoms with Crippen molar-refractivity contribution in [1.29, 1.82) is 0 Å². The molecule has 0 aliphatic heterocycles. The van der Waals surface area contributed by atoms with Crippen molar-refractivity contribution in [3.8, 4) is 45.1 Å². The van der Waals surface area contributed by atoms with Crippen molar-refractivity contribution in [3.05, 3.63) is 29.8 Å². The van der Waals surface area contributed by atoms with Crippen LogP contribution in [0.2, 0.25) is 0 Å². The largest absolute Gasteiger partial charge is 0.493 e. The van der Waals surface area contributed by atoms with E-state index in [0.29, 0.717) is 67.3 Å². The summed E-state index contributed by atoms with van der Waals surface area (Å²) in [6.45, 7) is 2.18. The number of rotatable bonds is 19. The molecule has 44 heavy (non-hydrogen) atoms. The Kier molecular flexibility index (Phi) is 14.4. The first-order valence-corrected chi connectivity index (χ1v) is 16.1. The zero-order valence-corrected chi connectivity index (χ0v) is 28.0. The number of benzene rings is 2. The quantitative estimate of drug-likeness (QED) is 0.0438. The van der Waals surface area contributed by atoms with Gasteiger partial charge in [0, 0.05) is 23.3 Å². The number of carbonyl (C=O) groups is 1. The molecule has 0 saturated carbocycles. The van der Waals surface area contributed by atoms with Crippen LogP contribution in [0.3, 0.4) is 0 Å². The van der Waals surface area contributed by atoms with Crippen molar-refractivity contribution in [3.63, 3.8) is 0 Å². The van der Waals surface area contributed by atoms with E-state index in [4.69, 9.17) is 33.3 Å². The van der Waals surface area contributed by atoms with E-state index in [-0.39, 0.29) is 5.97 Å². The maximum atomic E-state index is 12.5. The van der Waals surface area contributed by atoms with Crippen LogP contribution in [-0.2, 0) is 9.63 Å². The molecule has 2 aromatic carbocycles. The number of carbonyl (C=O) groups excluding carboxylic acids is 1. The fraction of sp³-hybridized carbons (Fsp3) is 0.484. The van der Waals surface area contributed by atoms with Gasteiger partial charge < -0.3 is 33.3 Å². The fourth-order valence-electron chi connectivity index (χ4n) is 4.33. The number of oxime groups is 1. The Hall–Kier alpha value is -3.71. The number of thioether (sulfide) groups is 1. The van der Waals surface area contributed by atoms with Crippen LogP contribution in [-0.4, -0.2) is 70.3 Å². The first kappa shape index (κ1) is 34.8. The lowest BCUT2D eigenvalue weighted by molar-refractivity contribution is -0.143. The predicted octanol–water partition coefficient (Wildman–Crippen LogP) is 7.05. The van der Waals surface area contributed by atoms with Crippen LogP contribution in [0.25, 0.3) is 10.6 Å². The minimum atomic E-state index is -0.379. The number of hydrogen-bond acceptors (Lipinski definition) is 13. The Morgan fingerprint density at radius 1 is 0.750 bits per heavy atom. The summed E-state index contributed by atoms with van der Waals surface area (Å²) in [5, 5.41) is 13.7. The van der Waals surface area contributed by atoms with E-state index in [2.05, 4.69) is 22.3 Å². The van der Waals surface area contributed by atoms with Crippen molar-refractivity contribution < 1.29 is 38.1 Å². The van der Waals surface area contributed by atoms with Gasteiger partial charge in [0.15, 0.2) is 27.3 Å². The molecule has 11 nitrogen and oxygen atoms in total. The molecule has 1 heterocycles. The third kappa shape index (κ3) is 9.39. The second-order valence-electron chi connectivity index (χ2n) is 9.51. The average molecular weight is 648 g/mol. The van der Waals surface area contributed by atoms with E-state index in [0.717, 1.165) is 24.8 Å².